The third-order valence-electron chi connectivity index (χ3n) is 5.84. The number of rotatable bonds is 9. The lowest BCUT2D eigenvalue weighted by Gasteiger charge is -2.31. The van der Waals surface area contributed by atoms with E-state index < -0.39 is 23.4 Å². The maximum absolute atomic E-state index is 14.4. The van der Waals surface area contributed by atoms with Gasteiger partial charge in [0.05, 0.1) is 11.4 Å². The number of tetrazole rings is 1. The molecule has 0 unspecified atom stereocenters. The van der Waals surface area contributed by atoms with E-state index in [1.807, 2.05) is 42.5 Å². The van der Waals surface area contributed by atoms with Crippen molar-refractivity contribution in [1.82, 2.24) is 20.6 Å². The van der Waals surface area contributed by atoms with Gasteiger partial charge in [-0.15, -0.1) is 5.10 Å². The van der Waals surface area contributed by atoms with Crippen molar-refractivity contribution in [3.8, 4) is 22.5 Å². The molecule has 0 radical (unpaired) electrons. The average Bonchev–Trinajstić information content (AvgIpc) is 3.40. The molecule has 204 valence electrons. The van der Waals surface area contributed by atoms with Gasteiger partial charge in [-0.2, -0.15) is 0 Å². The molecule has 0 aliphatic heterocycles. The highest BCUT2D eigenvalue weighted by Crippen LogP contribution is 2.36. The fourth-order valence-corrected chi connectivity index (χ4v) is 4.57. The van der Waals surface area contributed by atoms with Gasteiger partial charge in [0.25, 0.3) is 0 Å². The Bertz CT molecular complexity index is 1410. The summed E-state index contributed by atoms with van der Waals surface area (Å²) < 4.78 is 28.7. The number of halogens is 3. The van der Waals surface area contributed by atoms with E-state index in [0.717, 1.165) is 47.6 Å². The fourth-order valence-electron chi connectivity index (χ4n) is 4.38. The Balaban J connectivity index is 1.76. The highest BCUT2D eigenvalue weighted by atomic mass is 35.5. The largest absolute Gasteiger partial charge is 0.369 e. The second kappa shape index (κ2) is 12.2. The number of hydrogen-bond acceptors (Lipinski definition) is 5. The van der Waals surface area contributed by atoms with Crippen LogP contribution in [-0.2, 0) is 0 Å². The summed E-state index contributed by atoms with van der Waals surface area (Å²) >= 11 is 5.72. The van der Waals surface area contributed by atoms with Crippen LogP contribution in [0.2, 0.25) is 5.02 Å². The number of carbonyl (C=O) groups excluding carboxylic acids is 1. The first-order valence-electron chi connectivity index (χ1n) is 12.6. The molecule has 8 nitrogen and oxygen atoms in total. The lowest BCUT2D eigenvalue weighted by atomic mass is 9.97. The van der Waals surface area contributed by atoms with Crippen LogP contribution in [0.4, 0.5) is 30.6 Å². The predicted octanol–water partition coefficient (Wildman–Crippen LogP) is 7.23. The average molecular weight is 554 g/mol. The van der Waals surface area contributed by atoms with Crippen LogP contribution in [-0.4, -0.2) is 39.7 Å². The summed E-state index contributed by atoms with van der Waals surface area (Å²) in [7, 11) is 0. The van der Waals surface area contributed by atoms with Crippen molar-refractivity contribution in [1.29, 1.82) is 0 Å². The van der Waals surface area contributed by atoms with E-state index >= 15 is 0 Å². The number of aromatic amines is 1. The maximum Gasteiger partial charge on any atom is 0.323 e. The highest BCUT2D eigenvalue weighted by Gasteiger charge is 2.20. The molecular formula is C28H30ClF2N7O. The van der Waals surface area contributed by atoms with Crippen LogP contribution in [0.5, 0.6) is 0 Å². The maximum atomic E-state index is 14.4. The number of carbonyl (C=O) groups is 1. The van der Waals surface area contributed by atoms with Crippen LogP contribution in [0.3, 0.4) is 0 Å². The van der Waals surface area contributed by atoms with E-state index in [1.165, 1.54) is 0 Å². The molecule has 39 heavy (non-hydrogen) atoms. The van der Waals surface area contributed by atoms with Crippen molar-refractivity contribution >= 4 is 34.7 Å². The molecule has 4 rings (SSSR count). The minimum Gasteiger partial charge on any atom is -0.369 e. The monoisotopic (exact) mass is 553 g/mol. The second-order valence-corrected chi connectivity index (χ2v) is 10.5. The molecule has 3 aromatic carbocycles. The van der Waals surface area contributed by atoms with Crippen LogP contribution in [0, 0.1) is 23.5 Å². The molecule has 0 saturated carbocycles. The normalized spacial score (nSPS) is 11.2. The Morgan fingerprint density at radius 2 is 1.59 bits per heavy atom. The minimum atomic E-state index is -0.972. The van der Waals surface area contributed by atoms with Gasteiger partial charge in [0.15, 0.2) is 17.5 Å². The molecule has 11 heteroatoms. The number of hydrogen-bond donors (Lipinski definition) is 3. The van der Waals surface area contributed by atoms with E-state index in [2.05, 4.69) is 63.9 Å². The number of nitrogens with one attached hydrogen (secondary N) is 3. The summed E-state index contributed by atoms with van der Waals surface area (Å²) in [5.74, 6) is -0.749. The van der Waals surface area contributed by atoms with Gasteiger partial charge in [-0.05, 0) is 57.7 Å². The third-order valence-corrected chi connectivity index (χ3v) is 6.06. The second-order valence-electron chi connectivity index (χ2n) is 10.0. The van der Waals surface area contributed by atoms with Gasteiger partial charge in [-0.3, -0.25) is 0 Å². The number of H-pyrrole nitrogens is 1. The zero-order chi connectivity index (χ0) is 28.1. The van der Waals surface area contributed by atoms with Crippen molar-refractivity contribution in [2.24, 2.45) is 11.8 Å². The van der Waals surface area contributed by atoms with Gasteiger partial charge in [0, 0.05) is 23.7 Å². The van der Waals surface area contributed by atoms with Crippen LogP contribution in [0.15, 0.2) is 54.6 Å². The zero-order valence-corrected chi connectivity index (χ0v) is 22.9. The van der Waals surface area contributed by atoms with Gasteiger partial charge >= 0.3 is 6.03 Å². The van der Waals surface area contributed by atoms with Crippen molar-refractivity contribution in [3.05, 3.63) is 71.3 Å². The topological polar surface area (TPSA) is 98.8 Å². The Morgan fingerprint density at radius 3 is 2.18 bits per heavy atom. The minimum absolute atomic E-state index is 0.107. The molecule has 2 amide bonds. The SMILES string of the molecule is CC(C)CN(CC(C)C)c1ccc(-c2ccccc2-c2nnn[nH]2)cc1NC(=O)Nc1c(F)cc(Cl)cc1F. The molecule has 3 N–H and O–H groups in total. The van der Waals surface area contributed by atoms with E-state index in [4.69, 9.17) is 11.6 Å². The molecule has 1 heterocycles. The number of amides is 2. The zero-order valence-electron chi connectivity index (χ0n) is 22.1. The molecule has 0 bridgehead atoms. The van der Waals surface area contributed by atoms with Crippen molar-refractivity contribution in [2.75, 3.05) is 28.6 Å². The van der Waals surface area contributed by atoms with E-state index in [9.17, 15) is 13.6 Å². The summed E-state index contributed by atoms with van der Waals surface area (Å²) in [6.45, 7) is 9.97. The Morgan fingerprint density at radius 1 is 0.949 bits per heavy atom. The summed E-state index contributed by atoms with van der Waals surface area (Å²) in [6, 6.07) is 14.4. The van der Waals surface area contributed by atoms with Gasteiger partial charge in [0.2, 0.25) is 0 Å². The Kier molecular flexibility index (Phi) is 8.75. The molecule has 1 aromatic heterocycles. The van der Waals surface area contributed by atoms with Gasteiger partial charge in [-0.25, -0.2) is 18.7 Å². The van der Waals surface area contributed by atoms with Gasteiger partial charge < -0.3 is 15.5 Å². The molecule has 0 atom stereocenters. The number of urea groups is 1. The van der Waals surface area contributed by atoms with Crippen molar-refractivity contribution in [3.63, 3.8) is 0 Å². The number of nitrogens with zero attached hydrogens (tertiary/aromatic N) is 4. The Labute approximate surface area is 230 Å². The highest BCUT2D eigenvalue weighted by molar-refractivity contribution is 6.30. The molecule has 0 aliphatic carbocycles. The van der Waals surface area contributed by atoms with Crippen molar-refractivity contribution in [2.45, 2.75) is 27.7 Å². The lowest BCUT2D eigenvalue weighted by molar-refractivity contribution is 0.262. The summed E-state index contributed by atoms with van der Waals surface area (Å²) in [6.07, 6.45) is 0. The smallest absolute Gasteiger partial charge is 0.323 e. The molecule has 0 saturated heterocycles. The van der Waals surface area contributed by atoms with E-state index in [1.54, 1.807) is 0 Å². The standard InChI is InChI=1S/C28H30ClF2N7O/c1-16(2)14-38(15-17(3)4)25-10-9-18(20-7-5-6-8-21(20)27-34-36-37-35-27)11-24(25)32-28(39)33-26-22(30)12-19(29)13-23(26)31/h5-13,16-17H,14-15H2,1-4H3,(H2,32,33,39)(H,34,35,36,37). The number of benzene rings is 3. The van der Waals surface area contributed by atoms with Gasteiger partial charge in [0.1, 0.15) is 5.69 Å². The number of anilines is 3. The first-order valence-corrected chi connectivity index (χ1v) is 12.9. The number of aromatic nitrogens is 4. The molecule has 4 aromatic rings. The molecule has 0 fully saturated rings. The first-order chi connectivity index (χ1) is 18.6. The Hall–Kier alpha value is -4.05. The first kappa shape index (κ1) is 28.0. The van der Waals surface area contributed by atoms with Crippen LogP contribution in [0.1, 0.15) is 27.7 Å². The molecular weight excluding hydrogens is 524 g/mol. The van der Waals surface area contributed by atoms with Crippen LogP contribution < -0.4 is 15.5 Å². The lowest BCUT2D eigenvalue weighted by Crippen LogP contribution is -2.32. The van der Waals surface area contributed by atoms with E-state index in [-0.39, 0.29) is 5.02 Å². The molecule has 0 aliphatic rings. The third kappa shape index (κ3) is 6.88. The van der Waals surface area contributed by atoms with Crippen LogP contribution in [0.25, 0.3) is 22.5 Å². The van der Waals surface area contributed by atoms with Crippen molar-refractivity contribution < 1.29 is 13.6 Å². The summed E-state index contributed by atoms with van der Waals surface area (Å²) in [5, 5.41) is 19.2. The summed E-state index contributed by atoms with van der Waals surface area (Å²) in [4.78, 5) is 15.3. The predicted molar refractivity (Wildman–Crippen MR) is 151 cm³/mol. The van der Waals surface area contributed by atoms with Gasteiger partial charge in [-0.1, -0.05) is 69.6 Å². The fraction of sp³-hybridized carbons (Fsp3) is 0.286. The quantitative estimate of drug-likeness (QED) is 0.203. The summed E-state index contributed by atoms with van der Waals surface area (Å²) in [5.41, 5.74) is 3.08. The molecule has 0 spiro atoms. The van der Waals surface area contributed by atoms with Crippen LogP contribution >= 0.6 is 11.6 Å². The van der Waals surface area contributed by atoms with E-state index in [0.29, 0.717) is 23.3 Å².